The lowest BCUT2D eigenvalue weighted by molar-refractivity contribution is 0.0938. The molecule has 0 heterocycles. The van der Waals surface area contributed by atoms with Gasteiger partial charge in [-0.2, -0.15) is 0 Å². The molecule has 4 aromatic rings. The van der Waals surface area contributed by atoms with E-state index in [0.29, 0.717) is 29.2 Å². The maximum Gasteiger partial charge on any atom is 0.257 e. The summed E-state index contributed by atoms with van der Waals surface area (Å²) >= 11 is 5.32. The first-order valence-corrected chi connectivity index (χ1v) is 12.7. The normalized spacial score (nSPS) is 11.2. The molecule has 1 unspecified atom stereocenters. The van der Waals surface area contributed by atoms with Crippen LogP contribution in [0, 0.1) is 0 Å². The van der Waals surface area contributed by atoms with E-state index < -0.39 is 0 Å². The van der Waals surface area contributed by atoms with Crippen LogP contribution in [0.25, 0.3) is 0 Å². The number of thiocarbonyl (C=S) groups is 1. The molecule has 192 valence electrons. The maximum absolute atomic E-state index is 12.7. The second-order valence-corrected chi connectivity index (χ2v) is 9.11. The Morgan fingerprint density at radius 1 is 0.789 bits per heavy atom. The summed E-state index contributed by atoms with van der Waals surface area (Å²) in [5.41, 5.74) is 3.75. The Bertz CT molecular complexity index is 1380. The molecule has 4 rings (SSSR count). The highest BCUT2D eigenvalue weighted by atomic mass is 32.1. The average molecular weight is 524 g/mol. The monoisotopic (exact) mass is 523 g/mol. The Morgan fingerprint density at radius 2 is 1.47 bits per heavy atom. The zero-order valence-corrected chi connectivity index (χ0v) is 21.8. The summed E-state index contributed by atoms with van der Waals surface area (Å²) in [7, 11) is 0. The lowest BCUT2D eigenvalue weighted by atomic mass is 10.1. The van der Waals surface area contributed by atoms with Crippen LogP contribution in [0.5, 0.6) is 5.75 Å². The van der Waals surface area contributed by atoms with Crippen molar-refractivity contribution in [2.45, 2.75) is 19.4 Å². The molecule has 0 radical (unpaired) electrons. The van der Waals surface area contributed by atoms with E-state index in [1.54, 1.807) is 48.5 Å². The smallest absolute Gasteiger partial charge is 0.257 e. The molecule has 0 fully saturated rings. The van der Waals surface area contributed by atoms with Gasteiger partial charge in [-0.25, -0.2) is 0 Å². The number of rotatable bonds is 9. The number of hydrogen-bond acceptors (Lipinski definition) is 4. The van der Waals surface area contributed by atoms with E-state index in [1.807, 2.05) is 55.5 Å². The van der Waals surface area contributed by atoms with Crippen molar-refractivity contribution in [3.05, 3.63) is 131 Å². The third-order valence-corrected chi connectivity index (χ3v) is 6.08. The summed E-state index contributed by atoms with van der Waals surface area (Å²) in [6.07, 6.45) is 0.804. The summed E-state index contributed by atoms with van der Waals surface area (Å²) < 4.78 is 5.78. The number of amides is 2. The number of carbonyl (C=O) groups is 2. The summed E-state index contributed by atoms with van der Waals surface area (Å²) in [6, 6.07) is 33.6. The predicted octanol–water partition coefficient (Wildman–Crippen LogP) is 5.93. The van der Waals surface area contributed by atoms with E-state index >= 15 is 0 Å². The van der Waals surface area contributed by atoms with E-state index in [0.717, 1.165) is 12.0 Å². The molecule has 1 atom stereocenters. The number of ether oxygens (including phenoxy) is 1. The van der Waals surface area contributed by atoms with Gasteiger partial charge in [-0.15, -0.1) is 0 Å². The van der Waals surface area contributed by atoms with Gasteiger partial charge in [-0.05, 0) is 72.7 Å². The van der Waals surface area contributed by atoms with Crippen molar-refractivity contribution < 1.29 is 14.3 Å². The Kier molecular flexibility index (Phi) is 9.21. The van der Waals surface area contributed by atoms with E-state index in [2.05, 4.69) is 28.1 Å². The fourth-order valence-corrected chi connectivity index (χ4v) is 4.03. The standard InChI is InChI=1S/C31H29N3O3S/c1-22(24-11-6-3-7-12-24)32-30(36)26-13-8-14-27(21-26)33-31(38)34-29(35)25-15-17-28(18-16-25)37-20-19-23-9-4-2-5-10-23/h2-18,21-22H,19-20H2,1H3,(H,32,36)(H2,33,34,35,38). The van der Waals surface area contributed by atoms with Crippen LogP contribution in [0.15, 0.2) is 109 Å². The van der Waals surface area contributed by atoms with Gasteiger partial charge in [-0.1, -0.05) is 66.7 Å². The Hall–Kier alpha value is -4.49. The van der Waals surface area contributed by atoms with Gasteiger partial charge in [0.1, 0.15) is 5.75 Å². The van der Waals surface area contributed by atoms with Gasteiger partial charge in [0, 0.05) is 23.2 Å². The summed E-state index contributed by atoms with van der Waals surface area (Å²) in [5.74, 6) is 0.143. The predicted molar refractivity (Wildman–Crippen MR) is 155 cm³/mol. The first kappa shape index (κ1) is 26.6. The molecule has 0 spiro atoms. The van der Waals surface area contributed by atoms with Crippen LogP contribution in [0.2, 0.25) is 0 Å². The van der Waals surface area contributed by atoms with Crippen LogP contribution >= 0.6 is 12.2 Å². The SMILES string of the molecule is CC(NC(=O)c1cccc(NC(=S)NC(=O)c2ccc(OCCc3ccccc3)cc2)c1)c1ccccc1. The van der Waals surface area contributed by atoms with E-state index in [1.165, 1.54) is 5.56 Å². The number of anilines is 1. The summed E-state index contributed by atoms with van der Waals surface area (Å²) in [4.78, 5) is 25.4. The molecule has 3 N–H and O–H groups in total. The molecule has 38 heavy (non-hydrogen) atoms. The first-order chi connectivity index (χ1) is 18.5. The topological polar surface area (TPSA) is 79.5 Å². The molecule has 7 heteroatoms. The van der Waals surface area contributed by atoms with Gasteiger partial charge < -0.3 is 15.4 Å². The first-order valence-electron chi connectivity index (χ1n) is 12.3. The zero-order chi connectivity index (χ0) is 26.7. The van der Waals surface area contributed by atoms with Crippen molar-refractivity contribution in [2.75, 3.05) is 11.9 Å². The van der Waals surface area contributed by atoms with E-state index in [4.69, 9.17) is 17.0 Å². The molecule has 6 nitrogen and oxygen atoms in total. The highest BCUT2D eigenvalue weighted by Crippen LogP contribution is 2.16. The Morgan fingerprint density at radius 3 is 2.18 bits per heavy atom. The van der Waals surface area contributed by atoms with Crippen molar-refractivity contribution in [3.8, 4) is 5.75 Å². The Balaban J connectivity index is 1.26. The lowest BCUT2D eigenvalue weighted by Crippen LogP contribution is -2.34. The zero-order valence-electron chi connectivity index (χ0n) is 21.0. The molecule has 0 bridgehead atoms. The molecule has 0 saturated carbocycles. The lowest BCUT2D eigenvalue weighted by Gasteiger charge is -2.15. The summed E-state index contributed by atoms with van der Waals surface area (Å²) in [6.45, 7) is 2.48. The van der Waals surface area contributed by atoms with Crippen LogP contribution in [0.1, 0.15) is 44.8 Å². The molecule has 0 saturated heterocycles. The third kappa shape index (κ3) is 7.75. The second kappa shape index (κ2) is 13.2. The van der Waals surface area contributed by atoms with Gasteiger partial charge in [0.25, 0.3) is 11.8 Å². The van der Waals surface area contributed by atoms with Crippen LogP contribution in [-0.2, 0) is 6.42 Å². The number of hydrogen-bond donors (Lipinski definition) is 3. The van der Waals surface area contributed by atoms with E-state index in [-0.39, 0.29) is 23.0 Å². The molecular weight excluding hydrogens is 494 g/mol. The second-order valence-electron chi connectivity index (χ2n) is 8.70. The largest absolute Gasteiger partial charge is 0.493 e. The highest BCUT2D eigenvalue weighted by molar-refractivity contribution is 7.80. The molecule has 0 aliphatic heterocycles. The molecule has 2 amide bonds. The van der Waals surface area contributed by atoms with Crippen LogP contribution < -0.4 is 20.7 Å². The fraction of sp³-hybridized carbons (Fsp3) is 0.129. The quantitative estimate of drug-likeness (QED) is 0.237. The van der Waals surface area contributed by atoms with Crippen molar-refractivity contribution >= 4 is 34.8 Å². The molecular formula is C31H29N3O3S. The van der Waals surface area contributed by atoms with Crippen molar-refractivity contribution in [1.82, 2.24) is 10.6 Å². The van der Waals surface area contributed by atoms with Crippen LogP contribution in [0.3, 0.4) is 0 Å². The third-order valence-electron chi connectivity index (χ3n) is 5.88. The van der Waals surface area contributed by atoms with Crippen LogP contribution in [-0.4, -0.2) is 23.5 Å². The molecule has 0 aromatic heterocycles. The van der Waals surface area contributed by atoms with Crippen LogP contribution in [0.4, 0.5) is 5.69 Å². The number of nitrogens with one attached hydrogen (secondary N) is 3. The minimum absolute atomic E-state index is 0.133. The molecule has 4 aromatic carbocycles. The minimum atomic E-state index is -0.344. The number of carbonyl (C=O) groups excluding carboxylic acids is 2. The van der Waals surface area contributed by atoms with Gasteiger partial charge >= 0.3 is 0 Å². The molecule has 0 aliphatic carbocycles. The Labute approximate surface area is 228 Å². The minimum Gasteiger partial charge on any atom is -0.493 e. The van der Waals surface area contributed by atoms with E-state index in [9.17, 15) is 9.59 Å². The average Bonchev–Trinajstić information content (AvgIpc) is 2.94. The highest BCUT2D eigenvalue weighted by Gasteiger charge is 2.13. The van der Waals surface area contributed by atoms with Gasteiger partial charge in [-0.3, -0.25) is 14.9 Å². The number of benzene rings is 4. The summed E-state index contributed by atoms with van der Waals surface area (Å²) in [5, 5.41) is 8.77. The van der Waals surface area contributed by atoms with Gasteiger partial charge in [0.05, 0.1) is 12.6 Å². The van der Waals surface area contributed by atoms with Gasteiger partial charge in [0.15, 0.2) is 5.11 Å². The van der Waals surface area contributed by atoms with Crippen molar-refractivity contribution in [1.29, 1.82) is 0 Å². The van der Waals surface area contributed by atoms with Crippen molar-refractivity contribution in [2.24, 2.45) is 0 Å². The molecule has 0 aliphatic rings. The maximum atomic E-state index is 12.7. The fourth-order valence-electron chi connectivity index (χ4n) is 3.81. The van der Waals surface area contributed by atoms with Gasteiger partial charge in [0.2, 0.25) is 0 Å². The van der Waals surface area contributed by atoms with Crippen molar-refractivity contribution in [3.63, 3.8) is 0 Å².